The van der Waals surface area contributed by atoms with E-state index in [9.17, 15) is 9.59 Å². The van der Waals surface area contributed by atoms with Crippen LogP contribution in [0, 0.1) is 5.92 Å². The van der Waals surface area contributed by atoms with E-state index in [-0.39, 0.29) is 44.9 Å². The van der Waals surface area contributed by atoms with Crippen LogP contribution in [-0.4, -0.2) is 54.3 Å². The summed E-state index contributed by atoms with van der Waals surface area (Å²) in [4.78, 5) is 28.8. The van der Waals surface area contributed by atoms with Gasteiger partial charge in [0.1, 0.15) is 17.9 Å². The lowest BCUT2D eigenvalue weighted by Crippen LogP contribution is -2.47. The number of carbonyl (C=O) groups is 2. The van der Waals surface area contributed by atoms with E-state index in [2.05, 4.69) is 22.5 Å². The molecule has 3 aliphatic rings. The van der Waals surface area contributed by atoms with Crippen LogP contribution in [0.25, 0.3) is 0 Å². The van der Waals surface area contributed by atoms with Crippen molar-refractivity contribution in [3.8, 4) is 0 Å². The lowest BCUT2D eigenvalue weighted by atomic mass is 10.1. The van der Waals surface area contributed by atoms with Gasteiger partial charge in [0.05, 0.1) is 25.3 Å². The summed E-state index contributed by atoms with van der Waals surface area (Å²) in [7, 11) is 0. The maximum Gasteiger partial charge on any atom is 0.270 e. The average molecular weight is 377 g/mol. The second-order valence-electron chi connectivity index (χ2n) is 7.72. The number of carbonyl (C=O) groups excluding carboxylic acids is 2. The third-order valence-electron chi connectivity index (χ3n) is 5.52. The SMILES string of the molecule is CCCCc1ccc(C(=O)N[C@H]2CO[C@H]3[C@@H]2OC[C@@H]3NC(=O)C2CC2)nc1.[HH].[HH]. The van der Waals surface area contributed by atoms with Gasteiger partial charge in [0.2, 0.25) is 5.91 Å². The number of ether oxygens (including phenoxy) is 2. The maximum absolute atomic E-state index is 12.5. The van der Waals surface area contributed by atoms with Gasteiger partial charge < -0.3 is 20.1 Å². The molecule has 2 aliphatic heterocycles. The van der Waals surface area contributed by atoms with Crippen molar-refractivity contribution in [1.82, 2.24) is 15.6 Å². The van der Waals surface area contributed by atoms with Gasteiger partial charge in [-0.1, -0.05) is 19.4 Å². The van der Waals surface area contributed by atoms with Crippen molar-refractivity contribution in [1.29, 1.82) is 0 Å². The number of aryl methyl sites for hydroxylation is 1. The summed E-state index contributed by atoms with van der Waals surface area (Å²) in [5.41, 5.74) is 1.54. The molecule has 3 heterocycles. The highest BCUT2D eigenvalue weighted by Crippen LogP contribution is 2.31. The Kier molecular flexibility index (Phi) is 5.41. The van der Waals surface area contributed by atoms with Crippen LogP contribution >= 0.6 is 0 Å². The Morgan fingerprint density at radius 3 is 2.44 bits per heavy atom. The van der Waals surface area contributed by atoms with Crippen LogP contribution in [0.5, 0.6) is 0 Å². The minimum absolute atomic E-state index is 0. The van der Waals surface area contributed by atoms with Crippen molar-refractivity contribution in [2.24, 2.45) is 5.92 Å². The van der Waals surface area contributed by atoms with Gasteiger partial charge in [0.25, 0.3) is 5.91 Å². The Balaban J connectivity index is 0.00000150. The molecule has 1 aromatic rings. The van der Waals surface area contributed by atoms with Crippen LogP contribution in [0.3, 0.4) is 0 Å². The van der Waals surface area contributed by atoms with E-state index >= 15 is 0 Å². The van der Waals surface area contributed by atoms with E-state index in [0.717, 1.165) is 37.7 Å². The number of unbranched alkanes of at least 4 members (excludes halogenated alkanes) is 1. The molecule has 2 amide bonds. The van der Waals surface area contributed by atoms with Gasteiger partial charge in [-0.05, 0) is 37.3 Å². The second-order valence-corrected chi connectivity index (χ2v) is 7.72. The summed E-state index contributed by atoms with van der Waals surface area (Å²) in [6.45, 7) is 2.95. The fourth-order valence-corrected chi connectivity index (χ4v) is 3.72. The number of aromatic nitrogens is 1. The number of nitrogens with zero attached hydrogens (tertiary/aromatic N) is 1. The Hall–Kier alpha value is -1.99. The highest BCUT2D eigenvalue weighted by molar-refractivity contribution is 5.92. The Bertz CT molecular complexity index is 699. The lowest BCUT2D eigenvalue weighted by Gasteiger charge is -2.18. The Morgan fingerprint density at radius 1 is 1.15 bits per heavy atom. The fourth-order valence-electron chi connectivity index (χ4n) is 3.72. The first-order valence-electron chi connectivity index (χ1n) is 9.95. The molecular formula is C20H31N3O4. The standard InChI is InChI=1S/C20H27N3O4.2H2/c1-2-3-4-12-5-8-14(21-9-12)20(25)23-16-11-27-17-15(10-26-18(16)17)22-19(24)13-6-7-13;;/h5,8-9,13,15-18H,2-4,6-7,10-11H2,1H3,(H,22,24)(H,23,25);2*1H/t15-,16-,17+,18+;;/m0../s1. The zero-order chi connectivity index (χ0) is 18.8. The van der Waals surface area contributed by atoms with Gasteiger partial charge in [-0.15, -0.1) is 0 Å². The van der Waals surface area contributed by atoms with Gasteiger partial charge in [-0.2, -0.15) is 0 Å². The first-order valence-corrected chi connectivity index (χ1v) is 9.95. The van der Waals surface area contributed by atoms with E-state index in [0.29, 0.717) is 18.9 Å². The molecule has 0 aromatic carbocycles. The molecule has 7 heteroatoms. The third-order valence-corrected chi connectivity index (χ3v) is 5.52. The normalized spacial score (nSPS) is 29.4. The molecule has 0 bridgehead atoms. The molecule has 0 radical (unpaired) electrons. The molecular weight excluding hydrogens is 346 g/mol. The van der Waals surface area contributed by atoms with Gasteiger partial charge in [-0.25, -0.2) is 0 Å². The molecule has 2 N–H and O–H groups in total. The summed E-state index contributed by atoms with van der Waals surface area (Å²) in [6, 6.07) is 3.36. The Morgan fingerprint density at radius 2 is 1.85 bits per heavy atom. The van der Waals surface area contributed by atoms with E-state index in [1.807, 2.05) is 6.07 Å². The first kappa shape index (κ1) is 18.4. The van der Waals surface area contributed by atoms with Crippen LogP contribution in [0.1, 0.15) is 51.5 Å². The van der Waals surface area contributed by atoms with Crippen LogP contribution in [0.4, 0.5) is 0 Å². The van der Waals surface area contributed by atoms with E-state index in [1.165, 1.54) is 0 Å². The van der Waals surface area contributed by atoms with Gasteiger partial charge >= 0.3 is 0 Å². The smallest absolute Gasteiger partial charge is 0.270 e. The quantitative estimate of drug-likeness (QED) is 0.755. The predicted octanol–water partition coefficient (Wildman–Crippen LogP) is 1.71. The van der Waals surface area contributed by atoms with Crippen molar-refractivity contribution >= 4 is 11.8 Å². The molecule has 1 aliphatic carbocycles. The number of fused-ring (bicyclic) bond motifs is 1. The number of hydrogen-bond acceptors (Lipinski definition) is 5. The largest absolute Gasteiger partial charge is 0.371 e. The maximum atomic E-state index is 12.5. The number of pyridine rings is 1. The summed E-state index contributed by atoms with van der Waals surface area (Å²) in [5.74, 6) is 0.0281. The first-order chi connectivity index (χ1) is 13.2. The van der Waals surface area contributed by atoms with Crippen LogP contribution in [0.15, 0.2) is 18.3 Å². The second kappa shape index (κ2) is 7.94. The Labute approximate surface area is 162 Å². The fraction of sp³-hybridized carbons (Fsp3) is 0.650. The molecule has 7 nitrogen and oxygen atoms in total. The van der Waals surface area contributed by atoms with Crippen molar-refractivity contribution in [3.63, 3.8) is 0 Å². The topological polar surface area (TPSA) is 89.5 Å². The molecule has 0 spiro atoms. The number of hydrogen-bond donors (Lipinski definition) is 2. The summed E-state index contributed by atoms with van der Waals surface area (Å²) in [6.07, 6.45) is 6.50. The monoisotopic (exact) mass is 377 g/mol. The number of amides is 2. The average Bonchev–Trinajstić information content (AvgIpc) is 3.36. The minimum Gasteiger partial charge on any atom is -0.371 e. The molecule has 27 heavy (non-hydrogen) atoms. The molecule has 4 atom stereocenters. The van der Waals surface area contributed by atoms with Crippen LogP contribution in [0.2, 0.25) is 0 Å². The van der Waals surface area contributed by atoms with Crippen LogP contribution in [-0.2, 0) is 20.7 Å². The predicted molar refractivity (Wildman–Crippen MR) is 102 cm³/mol. The zero-order valence-corrected chi connectivity index (χ0v) is 15.6. The van der Waals surface area contributed by atoms with E-state index in [1.54, 1.807) is 12.3 Å². The molecule has 150 valence electrons. The molecule has 1 aromatic heterocycles. The summed E-state index contributed by atoms with van der Waals surface area (Å²) < 4.78 is 11.7. The highest BCUT2D eigenvalue weighted by atomic mass is 16.6. The highest BCUT2D eigenvalue weighted by Gasteiger charge is 2.49. The molecule has 2 saturated heterocycles. The lowest BCUT2D eigenvalue weighted by molar-refractivity contribution is -0.123. The zero-order valence-electron chi connectivity index (χ0n) is 15.6. The van der Waals surface area contributed by atoms with E-state index in [4.69, 9.17) is 9.47 Å². The molecule has 1 saturated carbocycles. The van der Waals surface area contributed by atoms with Gasteiger partial charge in [0.15, 0.2) is 0 Å². The van der Waals surface area contributed by atoms with Gasteiger partial charge in [-0.3, -0.25) is 14.6 Å². The van der Waals surface area contributed by atoms with Crippen molar-refractivity contribution in [3.05, 3.63) is 29.6 Å². The van der Waals surface area contributed by atoms with E-state index < -0.39 is 0 Å². The third kappa shape index (κ3) is 4.14. The van der Waals surface area contributed by atoms with Gasteiger partial charge in [0, 0.05) is 15.0 Å². The van der Waals surface area contributed by atoms with Crippen molar-refractivity contribution in [2.45, 2.75) is 63.3 Å². The molecule has 0 unspecified atom stereocenters. The molecule has 4 rings (SSSR count). The van der Waals surface area contributed by atoms with Crippen molar-refractivity contribution < 1.29 is 21.9 Å². The number of rotatable bonds is 7. The summed E-state index contributed by atoms with van der Waals surface area (Å²) >= 11 is 0. The number of nitrogens with one attached hydrogen (secondary N) is 2. The summed E-state index contributed by atoms with van der Waals surface area (Å²) in [5, 5.41) is 6.00. The van der Waals surface area contributed by atoms with Crippen molar-refractivity contribution in [2.75, 3.05) is 13.2 Å². The minimum atomic E-state index is -0.234. The van der Waals surface area contributed by atoms with Crippen LogP contribution < -0.4 is 10.6 Å². The molecule has 3 fully saturated rings.